The Morgan fingerprint density at radius 3 is 2.57 bits per heavy atom. The highest BCUT2D eigenvalue weighted by molar-refractivity contribution is 9.10. The molecule has 1 aromatic carbocycles. The van der Waals surface area contributed by atoms with Crippen molar-refractivity contribution in [3.05, 3.63) is 52.2 Å². The van der Waals surface area contributed by atoms with Crippen LogP contribution in [0.25, 0.3) is 5.76 Å². The van der Waals surface area contributed by atoms with Gasteiger partial charge in [0.1, 0.15) is 5.76 Å². The smallest absolute Gasteiger partial charge is 0.165 e. The maximum atomic E-state index is 12.5. The molecule has 0 aliphatic rings. The van der Waals surface area contributed by atoms with E-state index in [0.717, 1.165) is 22.9 Å². The summed E-state index contributed by atoms with van der Waals surface area (Å²) in [6, 6.07) is 7.78. The van der Waals surface area contributed by atoms with E-state index in [1.165, 1.54) is 0 Å². The van der Waals surface area contributed by atoms with Gasteiger partial charge in [0.05, 0.1) is 6.26 Å². The number of carbonyl (C=O) groups is 1. The minimum atomic E-state index is 0.00115. The summed E-state index contributed by atoms with van der Waals surface area (Å²) in [5.41, 5.74) is 1.56. The predicted octanol–water partition coefficient (Wildman–Crippen LogP) is 5.74. The van der Waals surface area contributed by atoms with Gasteiger partial charge in [0.15, 0.2) is 5.78 Å². The Labute approximate surface area is 136 Å². The first-order chi connectivity index (χ1) is 10.0. The fraction of sp³-hybridized carbons (Fsp3) is 0.389. The van der Waals surface area contributed by atoms with Crippen LogP contribution in [0.1, 0.15) is 46.1 Å². The number of hydrogen-bond donors (Lipinski definition) is 0. The normalized spacial score (nSPS) is 14.0. The molecule has 0 heterocycles. The zero-order valence-corrected chi connectivity index (χ0v) is 14.7. The lowest BCUT2D eigenvalue weighted by Gasteiger charge is -2.15. The second-order valence-electron chi connectivity index (χ2n) is 5.01. The molecule has 0 aliphatic carbocycles. The van der Waals surface area contributed by atoms with Gasteiger partial charge in [0.25, 0.3) is 0 Å². The second-order valence-corrected chi connectivity index (χ2v) is 5.86. The summed E-state index contributed by atoms with van der Waals surface area (Å²) >= 11 is 3.53. The summed E-state index contributed by atoms with van der Waals surface area (Å²) in [6.07, 6.45) is 5.30. The minimum absolute atomic E-state index is 0.00115. The van der Waals surface area contributed by atoms with Crippen LogP contribution in [0.2, 0.25) is 0 Å². The molecule has 0 fully saturated rings. The van der Waals surface area contributed by atoms with Crippen LogP contribution < -0.4 is 0 Å². The molecule has 3 heteroatoms. The fourth-order valence-electron chi connectivity index (χ4n) is 1.88. The van der Waals surface area contributed by atoms with Gasteiger partial charge in [0.2, 0.25) is 0 Å². The average molecular weight is 351 g/mol. The lowest BCUT2D eigenvalue weighted by molar-refractivity contribution is -0.118. The largest absolute Gasteiger partial charge is 0.464 e. The lowest BCUT2D eigenvalue weighted by Crippen LogP contribution is -2.13. The number of allylic oxidation sites excluding steroid dienone is 2. The average Bonchev–Trinajstić information content (AvgIpc) is 2.50. The maximum Gasteiger partial charge on any atom is 0.165 e. The summed E-state index contributed by atoms with van der Waals surface area (Å²) < 4.78 is 6.69. The van der Waals surface area contributed by atoms with Gasteiger partial charge in [-0.1, -0.05) is 54.9 Å². The Bertz CT molecular complexity index is 544. The third-order valence-corrected chi connectivity index (χ3v) is 4.10. The van der Waals surface area contributed by atoms with Crippen molar-refractivity contribution in [2.75, 3.05) is 0 Å². The molecule has 0 aromatic heterocycles. The molecule has 0 amide bonds. The van der Waals surface area contributed by atoms with Crippen LogP contribution in [0, 0.1) is 5.92 Å². The molecule has 1 unspecified atom stereocenters. The first kappa shape index (κ1) is 17.7. The van der Waals surface area contributed by atoms with Crippen LogP contribution in [0.3, 0.4) is 0 Å². The van der Waals surface area contributed by atoms with Crippen molar-refractivity contribution >= 4 is 27.5 Å². The number of halogens is 1. The van der Waals surface area contributed by atoms with Crippen LogP contribution in [0.4, 0.5) is 0 Å². The van der Waals surface area contributed by atoms with Crippen LogP contribution in [-0.2, 0) is 9.53 Å². The molecule has 0 spiro atoms. The number of carbonyl (C=O) groups excluding carboxylic acids is 1. The van der Waals surface area contributed by atoms with E-state index in [9.17, 15) is 4.79 Å². The molecule has 0 aliphatic heterocycles. The van der Waals surface area contributed by atoms with E-state index >= 15 is 0 Å². The highest BCUT2D eigenvalue weighted by atomic mass is 79.9. The van der Waals surface area contributed by atoms with Crippen molar-refractivity contribution in [1.29, 1.82) is 0 Å². The van der Waals surface area contributed by atoms with E-state index in [2.05, 4.69) is 15.9 Å². The zero-order chi connectivity index (χ0) is 15.8. The molecule has 114 valence electrons. The molecule has 0 bridgehead atoms. The first-order valence-electron chi connectivity index (χ1n) is 7.34. The van der Waals surface area contributed by atoms with Crippen LogP contribution in [-0.4, -0.2) is 5.78 Å². The minimum Gasteiger partial charge on any atom is -0.464 e. The van der Waals surface area contributed by atoms with Gasteiger partial charge in [-0.15, -0.1) is 0 Å². The van der Waals surface area contributed by atoms with E-state index in [1.54, 1.807) is 6.26 Å². The van der Waals surface area contributed by atoms with Crippen molar-refractivity contribution in [1.82, 2.24) is 0 Å². The van der Waals surface area contributed by atoms with Gasteiger partial charge in [-0.3, -0.25) is 4.79 Å². The predicted molar refractivity (Wildman–Crippen MR) is 91.7 cm³/mol. The van der Waals surface area contributed by atoms with E-state index in [0.29, 0.717) is 11.3 Å². The Morgan fingerprint density at radius 2 is 2.00 bits per heavy atom. The Hall–Kier alpha value is -1.35. The van der Waals surface area contributed by atoms with Crippen LogP contribution in [0.5, 0.6) is 0 Å². The number of Topliss-reactive ketones (excluding diaryl/α,β-unsaturated/α-hetero) is 1. The van der Waals surface area contributed by atoms with Gasteiger partial charge >= 0.3 is 0 Å². The summed E-state index contributed by atoms with van der Waals surface area (Å²) in [5.74, 6) is 0.756. The molecule has 0 saturated carbocycles. The lowest BCUT2D eigenvalue weighted by atomic mass is 9.95. The van der Waals surface area contributed by atoms with Crippen molar-refractivity contribution in [3.63, 3.8) is 0 Å². The molecule has 1 rings (SSSR count). The molecule has 21 heavy (non-hydrogen) atoms. The summed E-state index contributed by atoms with van der Waals surface area (Å²) in [5, 5.41) is 0. The highest BCUT2D eigenvalue weighted by Gasteiger charge is 2.19. The SMILES string of the molecule is CC/C=C\O/C(=C(\C)C(=O)C(C)CC)c1ccccc1Br. The van der Waals surface area contributed by atoms with Crippen molar-refractivity contribution in [2.24, 2.45) is 5.92 Å². The van der Waals surface area contributed by atoms with E-state index in [-0.39, 0.29) is 11.7 Å². The zero-order valence-electron chi connectivity index (χ0n) is 13.2. The van der Waals surface area contributed by atoms with Crippen molar-refractivity contribution in [3.8, 4) is 0 Å². The van der Waals surface area contributed by atoms with Gasteiger partial charge in [-0.05, 0) is 31.9 Å². The second kappa shape index (κ2) is 8.83. The molecule has 0 N–H and O–H groups in total. The van der Waals surface area contributed by atoms with Crippen molar-refractivity contribution in [2.45, 2.75) is 40.5 Å². The summed E-state index contributed by atoms with van der Waals surface area (Å²) in [4.78, 5) is 12.5. The quantitative estimate of drug-likeness (QED) is 0.463. The highest BCUT2D eigenvalue weighted by Crippen LogP contribution is 2.29. The van der Waals surface area contributed by atoms with E-state index in [4.69, 9.17) is 4.74 Å². The van der Waals surface area contributed by atoms with Gasteiger partial charge in [-0.25, -0.2) is 0 Å². The topological polar surface area (TPSA) is 26.3 Å². The van der Waals surface area contributed by atoms with Gasteiger partial charge in [0, 0.05) is 21.5 Å². The summed E-state index contributed by atoms with van der Waals surface area (Å²) in [6.45, 7) is 7.85. The van der Waals surface area contributed by atoms with E-state index in [1.807, 2.05) is 58.0 Å². The molecular formula is C18H23BrO2. The van der Waals surface area contributed by atoms with Gasteiger partial charge < -0.3 is 4.74 Å². The Morgan fingerprint density at radius 1 is 1.33 bits per heavy atom. The number of ketones is 1. The van der Waals surface area contributed by atoms with Crippen LogP contribution in [0.15, 0.2) is 46.6 Å². The van der Waals surface area contributed by atoms with Crippen molar-refractivity contribution < 1.29 is 9.53 Å². The van der Waals surface area contributed by atoms with Gasteiger partial charge in [-0.2, -0.15) is 0 Å². The monoisotopic (exact) mass is 350 g/mol. The Balaban J connectivity index is 3.28. The first-order valence-corrected chi connectivity index (χ1v) is 8.13. The number of benzene rings is 1. The van der Waals surface area contributed by atoms with Crippen LogP contribution >= 0.6 is 15.9 Å². The molecule has 2 nitrogen and oxygen atoms in total. The number of hydrogen-bond acceptors (Lipinski definition) is 2. The third kappa shape index (κ3) is 4.85. The molecule has 1 aromatic rings. The molecule has 0 radical (unpaired) electrons. The molecular weight excluding hydrogens is 328 g/mol. The molecule has 1 atom stereocenters. The third-order valence-electron chi connectivity index (χ3n) is 3.41. The standard InChI is InChI=1S/C18H23BrO2/c1-5-7-12-21-18(14(4)17(20)13(3)6-2)15-10-8-9-11-16(15)19/h7-13H,5-6H2,1-4H3/b12-7-,18-14+. The molecule has 0 saturated heterocycles. The maximum absolute atomic E-state index is 12.5. The fourth-order valence-corrected chi connectivity index (χ4v) is 2.34. The number of ether oxygens (including phenoxy) is 1. The van der Waals surface area contributed by atoms with E-state index < -0.39 is 0 Å². The Kier molecular flexibility index (Phi) is 7.44. The summed E-state index contributed by atoms with van der Waals surface area (Å²) in [7, 11) is 0. The number of rotatable bonds is 7.